The van der Waals surface area contributed by atoms with Crippen LogP contribution in [0.3, 0.4) is 0 Å². The molecule has 4 nitrogen and oxygen atoms in total. The van der Waals surface area contributed by atoms with Crippen LogP contribution in [-0.4, -0.2) is 38.9 Å². The van der Waals surface area contributed by atoms with Gasteiger partial charge in [-0.25, -0.2) is 0 Å². The van der Waals surface area contributed by atoms with E-state index in [4.69, 9.17) is 9.47 Å². The zero-order chi connectivity index (χ0) is 10.9. The molecule has 0 unspecified atom stereocenters. The number of ether oxygens (including phenoxy) is 2. The predicted octanol–water partition coefficient (Wildman–Crippen LogP) is 0.869. The van der Waals surface area contributed by atoms with Crippen molar-refractivity contribution in [3.63, 3.8) is 0 Å². The van der Waals surface area contributed by atoms with Gasteiger partial charge in [-0.05, 0) is 12.1 Å². The molecule has 1 heterocycles. The van der Waals surface area contributed by atoms with E-state index in [2.05, 4.69) is 10.3 Å². The Morgan fingerprint density at radius 3 is 2.93 bits per heavy atom. The summed E-state index contributed by atoms with van der Waals surface area (Å²) >= 11 is 0. The van der Waals surface area contributed by atoms with Crippen molar-refractivity contribution in [3.8, 4) is 5.75 Å². The number of rotatable bonds is 7. The molecule has 15 heavy (non-hydrogen) atoms. The maximum absolute atomic E-state index is 5.21. The van der Waals surface area contributed by atoms with Crippen LogP contribution in [0.25, 0.3) is 0 Å². The first-order valence-electron chi connectivity index (χ1n) is 5.06. The number of nitrogens with zero attached hydrogens (tertiary/aromatic N) is 1. The van der Waals surface area contributed by atoms with E-state index in [9.17, 15) is 0 Å². The van der Waals surface area contributed by atoms with Crippen molar-refractivity contribution in [2.45, 2.75) is 6.42 Å². The lowest BCUT2D eigenvalue weighted by Gasteiger charge is -2.07. The number of nitrogens with one attached hydrogen (secondary N) is 1. The molecule has 0 aliphatic rings. The summed E-state index contributed by atoms with van der Waals surface area (Å²) in [5.74, 6) is 0.853. The van der Waals surface area contributed by atoms with Gasteiger partial charge in [0.2, 0.25) is 0 Å². The predicted molar refractivity (Wildman–Crippen MR) is 59.2 cm³/mol. The smallest absolute Gasteiger partial charge is 0.140 e. The van der Waals surface area contributed by atoms with Gasteiger partial charge < -0.3 is 14.8 Å². The highest BCUT2D eigenvalue weighted by Gasteiger charge is 2.01. The Hall–Kier alpha value is -1.13. The number of hydrogen-bond acceptors (Lipinski definition) is 4. The minimum absolute atomic E-state index is 0.735. The van der Waals surface area contributed by atoms with Crippen LogP contribution < -0.4 is 10.1 Å². The molecule has 0 atom stereocenters. The lowest BCUT2D eigenvalue weighted by Crippen LogP contribution is -2.22. The summed E-state index contributed by atoms with van der Waals surface area (Å²) in [4.78, 5) is 4.27. The lowest BCUT2D eigenvalue weighted by atomic mass is 10.2. The molecule has 84 valence electrons. The van der Waals surface area contributed by atoms with E-state index < -0.39 is 0 Å². The molecule has 0 saturated heterocycles. The first-order valence-corrected chi connectivity index (χ1v) is 5.06. The Labute approximate surface area is 90.6 Å². The Morgan fingerprint density at radius 1 is 1.33 bits per heavy atom. The monoisotopic (exact) mass is 210 g/mol. The fraction of sp³-hybridized carbons (Fsp3) is 0.545. The highest BCUT2D eigenvalue weighted by atomic mass is 16.5. The Morgan fingerprint density at radius 2 is 2.20 bits per heavy atom. The molecule has 1 aromatic heterocycles. The summed E-state index contributed by atoms with van der Waals surface area (Å²) in [6, 6.07) is 3.80. The van der Waals surface area contributed by atoms with E-state index >= 15 is 0 Å². The molecule has 0 aromatic carbocycles. The standard InChI is InChI=1S/C11H18N2O2/c1-14-9-8-12-7-5-10-11(15-2)4-3-6-13-10/h3-4,6,12H,5,7-9H2,1-2H3. The van der Waals surface area contributed by atoms with Gasteiger partial charge in [-0.15, -0.1) is 0 Å². The summed E-state index contributed by atoms with van der Waals surface area (Å²) in [6.07, 6.45) is 2.65. The van der Waals surface area contributed by atoms with Crippen molar-refractivity contribution in [2.75, 3.05) is 33.9 Å². The molecule has 0 saturated carbocycles. The van der Waals surface area contributed by atoms with Crippen molar-refractivity contribution in [1.29, 1.82) is 0 Å². The molecule has 0 aliphatic heterocycles. The molecule has 1 rings (SSSR count). The van der Waals surface area contributed by atoms with E-state index in [0.717, 1.165) is 37.6 Å². The summed E-state index contributed by atoms with van der Waals surface area (Å²) < 4.78 is 10.1. The highest BCUT2D eigenvalue weighted by Crippen LogP contribution is 2.14. The topological polar surface area (TPSA) is 43.4 Å². The van der Waals surface area contributed by atoms with Crippen molar-refractivity contribution >= 4 is 0 Å². The Balaban J connectivity index is 2.30. The van der Waals surface area contributed by atoms with Crippen LogP contribution in [0.15, 0.2) is 18.3 Å². The summed E-state index contributed by atoms with van der Waals surface area (Å²) in [6.45, 7) is 2.49. The van der Waals surface area contributed by atoms with Gasteiger partial charge in [0, 0.05) is 32.8 Å². The fourth-order valence-corrected chi connectivity index (χ4v) is 1.30. The maximum Gasteiger partial charge on any atom is 0.140 e. The number of pyridine rings is 1. The van der Waals surface area contributed by atoms with Gasteiger partial charge in [0.15, 0.2) is 0 Å². The van der Waals surface area contributed by atoms with Crippen LogP contribution in [0.1, 0.15) is 5.69 Å². The third-order valence-electron chi connectivity index (χ3n) is 2.09. The molecular formula is C11H18N2O2. The second kappa shape index (κ2) is 7.20. The molecular weight excluding hydrogens is 192 g/mol. The Kier molecular flexibility index (Phi) is 5.73. The zero-order valence-electron chi connectivity index (χ0n) is 9.32. The molecule has 1 aromatic rings. The van der Waals surface area contributed by atoms with Gasteiger partial charge in [0.1, 0.15) is 5.75 Å². The van der Waals surface area contributed by atoms with Crippen LogP contribution >= 0.6 is 0 Å². The van der Waals surface area contributed by atoms with Crippen LogP contribution in [0.2, 0.25) is 0 Å². The molecule has 0 radical (unpaired) electrons. The summed E-state index contributed by atoms with van der Waals surface area (Å²) in [5.41, 5.74) is 0.991. The van der Waals surface area contributed by atoms with Crippen LogP contribution in [0.5, 0.6) is 5.75 Å². The molecule has 1 N–H and O–H groups in total. The van der Waals surface area contributed by atoms with Gasteiger partial charge in [-0.2, -0.15) is 0 Å². The van der Waals surface area contributed by atoms with Gasteiger partial charge in [0.05, 0.1) is 19.4 Å². The van der Waals surface area contributed by atoms with Gasteiger partial charge in [0.25, 0.3) is 0 Å². The normalized spacial score (nSPS) is 10.3. The molecule has 0 bridgehead atoms. The number of hydrogen-bond donors (Lipinski definition) is 1. The largest absolute Gasteiger partial charge is 0.495 e. The third-order valence-corrected chi connectivity index (χ3v) is 2.09. The summed E-state index contributed by atoms with van der Waals surface area (Å²) in [5, 5.41) is 3.27. The highest BCUT2D eigenvalue weighted by molar-refractivity contribution is 5.26. The average molecular weight is 210 g/mol. The SMILES string of the molecule is COCCNCCc1ncccc1OC. The molecule has 0 aliphatic carbocycles. The molecule has 4 heteroatoms. The van der Waals surface area contributed by atoms with Crippen molar-refractivity contribution < 1.29 is 9.47 Å². The van der Waals surface area contributed by atoms with Gasteiger partial charge >= 0.3 is 0 Å². The molecule has 0 fully saturated rings. The van der Waals surface area contributed by atoms with Crippen molar-refractivity contribution in [3.05, 3.63) is 24.0 Å². The first-order chi connectivity index (χ1) is 7.38. The van der Waals surface area contributed by atoms with Crippen molar-refractivity contribution in [2.24, 2.45) is 0 Å². The third kappa shape index (κ3) is 4.27. The Bertz CT molecular complexity index is 279. The van der Waals surface area contributed by atoms with Crippen LogP contribution in [0, 0.1) is 0 Å². The second-order valence-corrected chi connectivity index (χ2v) is 3.15. The quantitative estimate of drug-likeness (QED) is 0.678. The lowest BCUT2D eigenvalue weighted by molar-refractivity contribution is 0.199. The van der Waals surface area contributed by atoms with Gasteiger partial charge in [-0.1, -0.05) is 0 Å². The number of methoxy groups -OCH3 is 2. The van der Waals surface area contributed by atoms with E-state index in [0.29, 0.717) is 0 Å². The maximum atomic E-state index is 5.21. The van der Waals surface area contributed by atoms with E-state index in [1.807, 2.05) is 12.1 Å². The van der Waals surface area contributed by atoms with E-state index in [-0.39, 0.29) is 0 Å². The van der Waals surface area contributed by atoms with Crippen LogP contribution in [-0.2, 0) is 11.2 Å². The first kappa shape index (κ1) is 11.9. The van der Waals surface area contributed by atoms with Crippen LogP contribution in [0.4, 0.5) is 0 Å². The molecule has 0 spiro atoms. The number of aromatic nitrogens is 1. The fourth-order valence-electron chi connectivity index (χ4n) is 1.30. The zero-order valence-corrected chi connectivity index (χ0v) is 9.32. The minimum Gasteiger partial charge on any atom is -0.495 e. The molecule has 0 amide bonds. The second-order valence-electron chi connectivity index (χ2n) is 3.15. The van der Waals surface area contributed by atoms with E-state index in [1.165, 1.54) is 0 Å². The van der Waals surface area contributed by atoms with E-state index in [1.54, 1.807) is 20.4 Å². The average Bonchev–Trinajstić information content (AvgIpc) is 2.29. The van der Waals surface area contributed by atoms with Gasteiger partial charge in [-0.3, -0.25) is 4.98 Å². The summed E-state index contributed by atoms with van der Waals surface area (Å²) in [7, 11) is 3.36. The minimum atomic E-state index is 0.735. The van der Waals surface area contributed by atoms with Crippen molar-refractivity contribution in [1.82, 2.24) is 10.3 Å².